The van der Waals surface area contributed by atoms with E-state index in [-0.39, 0.29) is 17.9 Å². The van der Waals surface area contributed by atoms with Crippen molar-refractivity contribution in [1.29, 1.82) is 0 Å². The Kier molecular flexibility index (Phi) is 5.36. The van der Waals surface area contributed by atoms with Crippen LogP contribution in [0, 0.1) is 5.92 Å². The Morgan fingerprint density at radius 1 is 1.26 bits per heavy atom. The van der Waals surface area contributed by atoms with Gasteiger partial charge >= 0.3 is 5.97 Å². The van der Waals surface area contributed by atoms with E-state index < -0.39 is 11.9 Å². The minimum absolute atomic E-state index is 0.147. The molecule has 124 valence electrons. The van der Waals surface area contributed by atoms with Gasteiger partial charge < -0.3 is 15.3 Å². The van der Waals surface area contributed by atoms with Crippen molar-refractivity contribution in [3.63, 3.8) is 0 Å². The van der Waals surface area contributed by atoms with Crippen molar-refractivity contribution in [2.24, 2.45) is 5.92 Å². The molecule has 23 heavy (non-hydrogen) atoms. The molecule has 0 bridgehead atoms. The molecule has 1 aromatic carbocycles. The number of carboxylic acid groups (broad SMARTS) is 1. The number of hydrogen-bond donors (Lipinski definition) is 2. The Morgan fingerprint density at radius 2 is 1.96 bits per heavy atom. The fourth-order valence-electron chi connectivity index (χ4n) is 2.84. The fraction of sp³-hybridized carbons (Fsp3) is 0.471. The number of benzene rings is 1. The first kappa shape index (κ1) is 17.0. The van der Waals surface area contributed by atoms with Gasteiger partial charge in [0, 0.05) is 30.8 Å². The van der Waals surface area contributed by atoms with Crippen molar-refractivity contribution >= 4 is 17.8 Å². The highest BCUT2D eigenvalue weighted by atomic mass is 16.4. The number of hydrogen-bond acceptors (Lipinski definition) is 3. The van der Waals surface area contributed by atoms with E-state index in [1.54, 1.807) is 36.2 Å². The van der Waals surface area contributed by atoms with E-state index in [0.29, 0.717) is 30.5 Å². The highest BCUT2D eigenvalue weighted by Gasteiger charge is 2.34. The van der Waals surface area contributed by atoms with E-state index >= 15 is 0 Å². The first-order valence-electron chi connectivity index (χ1n) is 7.83. The Morgan fingerprint density at radius 3 is 2.61 bits per heavy atom. The van der Waals surface area contributed by atoms with Crippen LogP contribution in [0.25, 0.3) is 0 Å². The summed E-state index contributed by atoms with van der Waals surface area (Å²) in [5, 5.41) is 12.0. The summed E-state index contributed by atoms with van der Waals surface area (Å²) in [6, 6.07) is 6.16. The van der Waals surface area contributed by atoms with Crippen LogP contribution in [0.1, 0.15) is 46.9 Å². The normalized spacial score (nSPS) is 20.1. The first-order valence-corrected chi connectivity index (χ1v) is 7.83. The van der Waals surface area contributed by atoms with Gasteiger partial charge in [-0.2, -0.15) is 0 Å². The van der Waals surface area contributed by atoms with Crippen molar-refractivity contribution in [3.05, 3.63) is 35.4 Å². The van der Waals surface area contributed by atoms with Gasteiger partial charge in [0.15, 0.2) is 0 Å². The van der Waals surface area contributed by atoms with Gasteiger partial charge in [-0.05, 0) is 38.0 Å². The molecule has 1 aliphatic rings. The van der Waals surface area contributed by atoms with E-state index in [4.69, 9.17) is 0 Å². The molecule has 0 aromatic heterocycles. The van der Waals surface area contributed by atoms with E-state index in [1.165, 1.54) is 0 Å². The minimum Gasteiger partial charge on any atom is -0.481 e. The third-order valence-corrected chi connectivity index (χ3v) is 4.34. The van der Waals surface area contributed by atoms with Crippen LogP contribution in [0.2, 0.25) is 0 Å². The van der Waals surface area contributed by atoms with Gasteiger partial charge in [0.25, 0.3) is 11.8 Å². The Bertz CT molecular complexity index is 614. The van der Waals surface area contributed by atoms with E-state index in [2.05, 4.69) is 5.32 Å². The lowest BCUT2D eigenvalue weighted by molar-refractivity contribution is -0.142. The zero-order valence-electron chi connectivity index (χ0n) is 13.4. The number of carboxylic acids is 1. The third kappa shape index (κ3) is 3.88. The van der Waals surface area contributed by atoms with E-state index in [9.17, 15) is 19.5 Å². The number of amides is 2. The molecule has 0 spiro atoms. The third-order valence-electron chi connectivity index (χ3n) is 4.34. The number of carbonyl (C=O) groups excluding carboxylic acids is 2. The number of aliphatic carboxylic acids is 1. The molecule has 6 nitrogen and oxygen atoms in total. The van der Waals surface area contributed by atoms with Crippen LogP contribution < -0.4 is 5.32 Å². The van der Waals surface area contributed by atoms with Crippen LogP contribution in [0.4, 0.5) is 0 Å². The lowest BCUT2D eigenvalue weighted by Crippen LogP contribution is -2.40. The molecule has 1 aliphatic carbocycles. The molecule has 0 radical (unpaired) electrons. The minimum atomic E-state index is -0.874. The van der Waals surface area contributed by atoms with Crippen LogP contribution in [0.5, 0.6) is 0 Å². The van der Waals surface area contributed by atoms with Gasteiger partial charge in [-0.25, -0.2) is 0 Å². The number of carbonyl (C=O) groups is 3. The summed E-state index contributed by atoms with van der Waals surface area (Å²) in [6.07, 6.45) is 2.04. The molecule has 0 unspecified atom stereocenters. The number of nitrogens with zero attached hydrogens (tertiary/aromatic N) is 1. The second-order valence-electron chi connectivity index (χ2n) is 5.86. The summed E-state index contributed by atoms with van der Waals surface area (Å²) < 4.78 is 0. The van der Waals surface area contributed by atoms with Gasteiger partial charge in [-0.3, -0.25) is 14.4 Å². The number of nitrogens with one attached hydrogen (secondary N) is 1. The zero-order chi connectivity index (χ0) is 17.0. The number of rotatable bonds is 5. The van der Waals surface area contributed by atoms with Crippen molar-refractivity contribution in [1.82, 2.24) is 10.2 Å². The molecule has 1 fully saturated rings. The molecule has 0 aliphatic heterocycles. The predicted octanol–water partition coefficient (Wildman–Crippen LogP) is 1.76. The molecule has 2 atom stereocenters. The topological polar surface area (TPSA) is 86.7 Å². The van der Waals surface area contributed by atoms with E-state index in [1.807, 2.05) is 6.92 Å². The molecule has 6 heteroatoms. The molecule has 1 aromatic rings. The lowest BCUT2D eigenvalue weighted by Gasteiger charge is -2.18. The SMILES string of the molecule is CCN(C)C(=O)c1cccc(C(=O)N[C@@H]2CCC[C@@H]2C(=O)O)c1. The van der Waals surface area contributed by atoms with Crippen LogP contribution in [-0.4, -0.2) is 47.4 Å². The fourth-order valence-corrected chi connectivity index (χ4v) is 2.84. The molecule has 1 saturated carbocycles. The Hall–Kier alpha value is -2.37. The molecule has 0 saturated heterocycles. The Balaban J connectivity index is 2.11. The smallest absolute Gasteiger partial charge is 0.308 e. The highest BCUT2D eigenvalue weighted by Crippen LogP contribution is 2.26. The van der Waals surface area contributed by atoms with Crippen LogP contribution in [0.3, 0.4) is 0 Å². The maximum Gasteiger partial charge on any atom is 0.308 e. The summed E-state index contributed by atoms with van der Waals surface area (Å²) in [4.78, 5) is 37.3. The quantitative estimate of drug-likeness (QED) is 0.866. The Labute approximate surface area is 135 Å². The average Bonchev–Trinajstić information content (AvgIpc) is 3.01. The van der Waals surface area contributed by atoms with Gasteiger partial charge in [0.2, 0.25) is 0 Å². The van der Waals surface area contributed by atoms with Gasteiger partial charge in [0.1, 0.15) is 0 Å². The molecule has 2 amide bonds. The summed E-state index contributed by atoms with van der Waals surface area (Å²) in [7, 11) is 1.70. The van der Waals surface area contributed by atoms with Gasteiger partial charge in [-0.15, -0.1) is 0 Å². The van der Waals surface area contributed by atoms with Gasteiger partial charge in [0.05, 0.1) is 5.92 Å². The van der Waals surface area contributed by atoms with Crippen LogP contribution >= 0.6 is 0 Å². The van der Waals surface area contributed by atoms with E-state index in [0.717, 1.165) is 6.42 Å². The average molecular weight is 318 g/mol. The van der Waals surface area contributed by atoms with Crippen molar-refractivity contribution in [2.45, 2.75) is 32.2 Å². The zero-order valence-corrected chi connectivity index (χ0v) is 13.4. The van der Waals surface area contributed by atoms with Gasteiger partial charge in [-0.1, -0.05) is 12.5 Å². The monoisotopic (exact) mass is 318 g/mol. The van der Waals surface area contributed by atoms with Crippen molar-refractivity contribution in [3.8, 4) is 0 Å². The summed E-state index contributed by atoms with van der Waals surface area (Å²) in [5.41, 5.74) is 0.819. The highest BCUT2D eigenvalue weighted by molar-refractivity contribution is 5.99. The summed E-state index contributed by atoms with van der Waals surface area (Å²) in [5.74, 6) is -1.89. The summed E-state index contributed by atoms with van der Waals surface area (Å²) >= 11 is 0. The molecular weight excluding hydrogens is 296 g/mol. The van der Waals surface area contributed by atoms with Crippen LogP contribution in [-0.2, 0) is 4.79 Å². The maximum absolute atomic E-state index is 12.4. The second kappa shape index (κ2) is 7.26. The second-order valence-corrected chi connectivity index (χ2v) is 5.86. The van der Waals surface area contributed by atoms with Crippen molar-refractivity contribution in [2.75, 3.05) is 13.6 Å². The largest absolute Gasteiger partial charge is 0.481 e. The van der Waals surface area contributed by atoms with Crippen molar-refractivity contribution < 1.29 is 19.5 Å². The lowest BCUT2D eigenvalue weighted by atomic mass is 10.0. The molecule has 2 N–H and O–H groups in total. The molecule has 0 heterocycles. The van der Waals surface area contributed by atoms with Crippen LogP contribution in [0.15, 0.2) is 24.3 Å². The standard InChI is InChI=1S/C17H22N2O4/c1-3-19(2)16(21)12-7-4-6-11(10-12)15(20)18-14-9-5-8-13(14)17(22)23/h4,6-7,10,13-14H,3,5,8-9H2,1-2H3,(H,18,20)(H,22,23)/t13-,14+/m0/s1. The molecule has 2 rings (SSSR count). The molecular formula is C17H22N2O4. The maximum atomic E-state index is 12.4. The first-order chi connectivity index (χ1) is 10.9. The summed E-state index contributed by atoms with van der Waals surface area (Å²) in [6.45, 7) is 2.46. The predicted molar refractivity (Wildman–Crippen MR) is 85.3 cm³/mol.